The lowest BCUT2D eigenvalue weighted by Crippen LogP contribution is -1.91. The molecule has 0 aliphatic heterocycles. The first-order chi connectivity index (χ1) is 5.70. The molecular weight excluding hydrogens is 172 g/mol. The summed E-state index contributed by atoms with van der Waals surface area (Å²) in [6.07, 6.45) is 1.93. The van der Waals surface area contributed by atoms with Gasteiger partial charge < -0.3 is 0 Å². The Bertz CT molecular complexity index is 441. The van der Waals surface area contributed by atoms with Gasteiger partial charge in [0, 0.05) is 18.5 Å². The molecule has 0 N–H and O–H groups in total. The highest BCUT2D eigenvalue weighted by molar-refractivity contribution is 7.15. The van der Waals surface area contributed by atoms with Gasteiger partial charge in [0.2, 0.25) is 0 Å². The molecule has 12 heavy (non-hydrogen) atoms. The maximum absolute atomic E-state index is 11.1. The molecule has 0 saturated carbocycles. The van der Waals surface area contributed by atoms with Crippen LogP contribution in [0.15, 0.2) is 11.6 Å². The summed E-state index contributed by atoms with van der Waals surface area (Å²) < 4.78 is 1.93. The quantitative estimate of drug-likeness (QED) is 0.628. The molecule has 0 atom stereocenters. The highest BCUT2D eigenvalue weighted by Crippen LogP contribution is 2.18. The van der Waals surface area contributed by atoms with Crippen LogP contribution in [0.3, 0.4) is 0 Å². The number of carbonyl (C=O) groups is 1. The van der Waals surface area contributed by atoms with Gasteiger partial charge in [-0.1, -0.05) is 0 Å². The van der Waals surface area contributed by atoms with Crippen LogP contribution in [-0.4, -0.2) is 15.2 Å². The minimum absolute atomic E-state index is 0.0306. The molecule has 4 heteroatoms. The summed E-state index contributed by atoms with van der Waals surface area (Å²) in [6.45, 7) is 3.44. The van der Waals surface area contributed by atoms with Gasteiger partial charge >= 0.3 is 0 Å². The maximum Gasteiger partial charge on any atom is 0.181 e. The number of aromatic nitrogens is 2. The van der Waals surface area contributed by atoms with E-state index < -0.39 is 0 Å². The summed E-state index contributed by atoms with van der Waals surface area (Å²) >= 11 is 1.54. The third-order valence-electron chi connectivity index (χ3n) is 1.77. The van der Waals surface area contributed by atoms with E-state index in [1.165, 1.54) is 0 Å². The van der Waals surface area contributed by atoms with E-state index in [0.29, 0.717) is 5.69 Å². The molecule has 0 aliphatic carbocycles. The first-order valence-electron chi connectivity index (χ1n) is 3.63. The van der Waals surface area contributed by atoms with Crippen molar-refractivity contribution in [1.82, 2.24) is 9.38 Å². The van der Waals surface area contributed by atoms with Crippen molar-refractivity contribution in [3.05, 3.63) is 23.1 Å². The molecule has 0 amide bonds. The summed E-state index contributed by atoms with van der Waals surface area (Å²) in [6, 6.07) is 0. The van der Waals surface area contributed by atoms with E-state index in [9.17, 15) is 4.79 Å². The van der Waals surface area contributed by atoms with Gasteiger partial charge in [0.1, 0.15) is 16.3 Å². The smallest absolute Gasteiger partial charge is 0.181 e. The number of fused-ring (bicyclic) bond motifs is 1. The fourth-order valence-electron chi connectivity index (χ4n) is 1.20. The van der Waals surface area contributed by atoms with Crippen molar-refractivity contribution in [3.63, 3.8) is 0 Å². The first-order valence-corrected chi connectivity index (χ1v) is 4.51. The van der Waals surface area contributed by atoms with E-state index in [1.54, 1.807) is 18.3 Å². The number of Topliss-reactive ketones (excluding diaryl/α,β-unsaturated/α-hetero) is 1. The van der Waals surface area contributed by atoms with Crippen molar-refractivity contribution in [2.24, 2.45) is 0 Å². The summed E-state index contributed by atoms with van der Waals surface area (Å²) in [4.78, 5) is 16.2. The lowest BCUT2D eigenvalue weighted by molar-refractivity contribution is 0.101. The van der Waals surface area contributed by atoms with Crippen LogP contribution in [0, 0.1) is 6.92 Å². The van der Waals surface area contributed by atoms with Gasteiger partial charge in [0.15, 0.2) is 5.78 Å². The van der Waals surface area contributed by atoms with Crippen LogP contribution >= 0.6 is 11.3 Å². The minimum atomic E-state index is 0.0306. The van der Waals surface area contributed by atoms with Gasteiger partial charge in [-0.3, -0.25) is 9.20 Å². The highest BCUT2D eigenvalue weighted by Gasteiger charge is 2.12. The van der Waals surface area contributed by atoms with Crippen LogP contribution in [0.25, 0.3) is 4.83 Å². The molecule has 62 valence electrons. The zero-order valence-electron chi connectivity index (χ0n) is 6.87. The number of hydrogen-bond donors (Lipinski definition) is 0. The number of hydrogen-bond acceptors (Lipinski definition) is 3. The van der Waals surface area contributed by atoms with Gasteiger partial charge in [-0.05, 0) is 6.92 Å². The predicted octanol–water partition coefficient (Wildman–Crippen LogP) is 1.91. The van der Waals surface area contributed by atoms with E-state index in [1.807, 2.05) is 22.9 Å². The molecule has 0 fully saturated rings. The Kier molecular flexibility index (Phi) is 1.51. The molecule has 0 aromatic carbocycles. The number of nitrogens with zero attached hydrogens (tertiary/aromatic N) is 2. The third kappa shape index (κ3) is 0.881. The number of thiazole rings is 1. The zero-order valence-corrected chi connectivity index (χ0v) is 7.68. The van der Waals surface area contributed by atoms with Crippen molar-refractivity contribution < 1.29 is 4.79 Å². The van der Waals surface area contributed by atoms with E-state index in [4.69, 9.17) is 0 Å². The normalized spacial score (nSPS) is 10.8. The number of imidazole rings is 1. The largest absolute Gasteiger partial charge is 0.294 e. The van der Waals surface area contributed by atoms with Crippen LogP contribution in [0.1, 0.15) is 23.2 Å². The Balaban J connectivity index is 2.83. The number of ketones is 1. The molecule has 0 unspecified atom stereocenters. The van der Waals surface area contributed by atoms with E-state index in [2.05, 4.69) is 4.98 Å². The lowest BCUT2D eigenvalue weighted by Gasteiger charge is -1.83. The molecule has 0 bridgehead atoms. The second-order valence-electron chi connectivity index (χ2n) is 2.64. The molecule has 2 aromatic rings. The maximum atomic E-state index is 11.1. The van der Waals surface area contributed by atoms with Gasteiger partial charge in [0.05, 0.1) is 0 Å². The van der Waals surface area contributed by atoms with E-state index >= 15 is 0 Å². The number of rotatable bonds is 1. The Morgan fingerprint density at radius 1 is 1.67 bits per heavy atom. The van der Waals surface area contributed by atoms with Crippen LogP contribution in [-0.2, 0) is 0 Å². The SMILES string of the molecule is CC(=O)c1nc(C)n2ccsc12. The Morgan fingerprint density at radius 3 is 3.08 bits per heavy atom. The summed E-state index contributed by atoms with van der Waals surface area (Å²) in [5, 5.41) is 1.95. The molecule has 0 radical (unpaired) electrons. The van der Waals surface area contributed by atoms with E-state index in [-0.39, 0.29) is 5.78 Å². The van der Waals surface area contributed by atoms with Gasteiger partial charge in [-0.15, -0.1) is 11.3 Å². The second kappa shape index (κ2) is 2.42. The van der Waals surface area contributed by atoms with Gasteiger partial charge in [0.25, 0.3) is 0 Å². The monoisotopic (exact) mass is 180 g/mol. The van der Waals surface area contributed by atoms with Gasteiger partial charge in [-0.2, -0.15) is 0 Å². The van der Waals surface area contributed by atoms with Crippen molar-refractivity contribution in [1.29, 1.82) is 0 Å². The second-order valence-corrected chi connectivity index (χ2v) is 3.54. The Labute approximate surface area is 73.7 Å². The number of aryl methyl sites for hydroxylation is 1. The zero-order chi connectivity index (χ0) is 8.72. The Morgan fingerprint density at radius 2 is 2.42 bits per heavy atom. The fourth-order valence-corrected chi connectivity index (χ4v) is 2.12. The van der Waals surface area contributed by atoms with Crippen LogP contribution in [0.4, 0.5) is 0 Å². The summed E-state index contributed by atoms with van der Waals surface area (Å²) in [5.41, 5.74) is 0.586. The standard InChI is InChI=1S/C8H8N2OS/c1-5(11)7-8-10(3-4-12-8)6(2)9-7/h3-4H,1-2H3. The van der Waals surface area contributed by atoms with Crippen molar-refractivity contribution in [2.45, 2.75) is 13.8 Å². The molecule has 0 saturated heterocycles. The average molecular weight is 180 g/mol. The summed E-state index contributed by atoms with van der Waals surface area (Å²) in [7, 11) is 0. The predicted molar refractivity (Wildman–Crippen MR) is 47.8 cm³/mol. The highest BCUT2D eigenvalue weighted by atomic mass is 32.1. The Hall–Kier alpha value is -1.16. The third-order valence-corrected chi connectivity index (χ3v) is 2.64. The van der Waals surface area contributed by atoms with Crippen LogP contribution < -0.4 is 0 Å². The van der Waals surface area contributed by atoms with Gasteiger partial charge in [-0.25, -0.2) is 4.98 Å². The van der Waals surface area contributed by atoms with Crippen molar-refractivity contribution in [3.8, 4) is 0 Å². The first kappa shape index (κ1) is 7.49. The molecular formula is C8H8N2OS. The molecule has 2 heterocycles. The molecule has 3 nitrogen and oxygen atoms in total. The molecule has 0 spiro atoms. The van der Waals surface area contributed by atoms with E-state index in [0.717, 1.165) is 10.7 Å². The molecule has 0 aliphatic rings. The van der Waals surface area contributed by atoms with Crippen LogP contribution in [0.5, 0.6) is 0 Å². The van der Waals surface area contributed by atoms with Crippen molar-refractivity contribution >= 4 is 22.0 Å². The summed E-state index contributed by atoms with van der Waals surface area (Å²) in [5.74, 6) is 0.902. The fraction of sp³-hybridized carbons (Fsp3) is 0.250. The lowest BCUT2D eigenvalue weighted by atomic mass is 10.3. The van der Waals surface area contributed by atoms with Crippen LogP contribution in [0.2, 0.25) is 0 Å². The average Bonchev–Trinajstić information content (AvgIpc) is 2.53. The molecule has 2 rings (SSSR count). The van der Waals surface area contributed by atoms with Crippen molar-refractivity contribution in [2.75, 3.05) is 0 Å². The topological polar surface area (TPSA) is 34.4 Å². The minimum Gasteiger partial charge on any atom is -0.294 e. The number of carbonyl (C=O) groups excluding carboxylic acids is 1. The molecule has 2 aromatic heterocycles.